The van der Waals surface area contributed by atoms with Crippen molar-refractivity contribution in [3.05, 3.63) is 78.1 Å². The number of nitrogens with zero attached hydrogens (tertiary/aromatic N) is 2. The lowest BCUT2D eigenvalue weighted by molar-refractivity contribution is 0.102. The van der Waals surface area contributed by atoms with E-state index < -0.39 is 25.8 Å². The lowest BCUT2D eigenvalue weighted by Gasteiger charge is -2.09. The molecule has 3 rings (SSSR count). The molecule has 0 saturated carbocycles. The molecule has 0 aliphatic carbocycles. The van der Waals surface area contributed by atoms with Gasteiger partial charge in [0.05, 0.1) is 10.6 Å². The van der Waals surface area contributed by atoms with E-state index in [9.17, 15) is 21.6 Å². The standard InChI is InChI=1S/C19H18N4O5S2/c1-29(25,26)13-14-4-2-5-15(12-14)18(24)22-16-6-8-17(9-7-16)30(27,28)23-19-20-10-3-11-21-19/h2-12H,13H2,1H3,(H,22,24)(H,20,21,23). The molecule has 2 aromatic carbocycles. The quantitative estimate of drug-likeness (QED) is 0.567. The first-order valence-corrected chi connectivity index (χ1v) is 12.1. The summed E-state index contributed by atoms with van der Waals surface area (Å²) in [5.41, 5.74) is 1.17. The van der Waals surface area contributed by atoms with Gasteiger partial charge >= 0.3 is 0 Å². The van der Waals surface area contributed by atoms with Crippen LogP contribution in [0.4, 0.5) is 11.6 Å². The second-order valence-corrected chi connectivity index (χ2v) is 10.2. The highest BCUT2D eigenvalue weighted by molar-refractivity contribution is 7.92. The Morgan fingerprint density at radius 2 is 1.60 bits per heavy atom. The number of nitrogens with one attached hydrogen (secondary N) is 2. The third kappa shape index (κ3) is 5.84. The molecule has 2 N–H and O–H groups in total. The van der Waals surface area contributed by atoms with Crippen LogP contribution in [0.2, 0.25) is 0 Å². The Morgan fingerprint density at radius 3 is 2.23 bits per heavy atom. The normalized spacial score (nSPS) is 11.6. The number of hydrogen-bond donors (Lipinski definition) is 2. The summed E-state index contributed by atoms with van der Waals surface area (Å²) in [6.45, 7) is 0. The molecule has 1 aromatic heterocycles. The van der Waals surface area contributed by atoms with Crippen molar-refractivity contribution in [2.24, 2.45) is 0 Å². The van der Waals surface area contributed by atoms with Crippen LogP contribution >= 0.6 is 0 Å². The van der Waals surface area contributed by atoms with Crippen LogP contribution in [0.15, 0.2) is 71.9 Å². The number of sulfonamides is 1. The predicted octanol–water partition coefficient (Wildman–Crippen LogP) is 2.07. The number of hydrogen-bond acceptors (Lipinski definition) is 7. The highest BCUT2D eigenvalue weighted by Gasteiger charge is 2.16. The van der Waals surface area contributed by atoms with E-state index in [-0.39, 0.29) is 22.2 Å². The maximum atomic E-state index is 12.4. The van der Waals surface area contributed by atoms with Gasteiger partial charge in [-0.25, -0.2) is 31.5 Å². The largest absolute Gasteiger partial charge is 0.322 e. The second-order valence-electron chi connectivity index (χ2n) is 6.43. The number of rotatable bonds is 7. The topological polar surface area (TPSA) is 135 Å². The molecular formula is C19H18N4O5S2. The van der Waals surface area contributed by atoms with Crippen molar-refractivity contribution in [2.75, 3.05) is 16.3 Å². The number of carbonyl (C=O) groups is 1. The van der Waals surface area contributed by atoms with Crippen molar-refractivity contribution in [3.63, 3.8) is 0 Å². The van der Waals surface area contributed by atoms with E-state index in [4.69, 9.17) is 0 Å². The third-order valence-electron chi connectivity index (χ3n) is 3.83. The average Bonchev–Trinajstić information content (AvgIpc) is 2.68. The summed E-state index contributed by atoms with van der Waals surface area (Å²) in [7, 11) is -7.10. The fraction of sp³-hybridized carbons (Fsp3) is 0.105. The van der Waals surface area contributed by atoms with E-state index in [0.717, 1.165) is 6.26 Å². The second kappa shape index (κ2) is 8.59. The zero-order valence-electron chi connectivity index (χ0n) is 15.8. The van der Waals surface area contributed by atoms with Crippen LogP contribution in [-0.4, -0.2) is 39.0 Å². The minimum atomic E-state index is -3.88. The van der Waals surface area contributed by atoms with Crippen LogP contribution in [-0.2, 0) is 25.6 Å². The molecule has 156 valence electrons. The van der Waals surface area contributed by atoms with Crippen molar-refractivity contribution in [1.82, 2.24) is 9.97 Å². The molecule has 0 unspecified atom stereocenters. The molecule has 1 amide bonds. The molecule has 3 aromatic rings. The Kier molecular flexibility index (Phi) is 6.13. The molecule has 0 spiro atoms. The van der Waals surface area contributed by atoms with Crippen molar-refractivity contribution >= 4 is 37.4 Å². The first kappa shape index (κ1) is 21.4. The summed E-state index contributed by atoms with van der Waals surface area (Å²) in [6.07, 6.45) is 3.94. The zero-order valence-corrected chi connectivity index (χ0v) is 17.4. The average molecular weight is 447 g/mol. The molecule has 1 heterocycles. The van der Waals surface area contributed by atoms with Gasteiger partial charge in [0.15, 0.2) is 9.84 Å². The minimum Gasteiger partial charge on any atom is -0.322 e. The Labute approximate surface area is 174 Å². The van der Waals surface area contributed by atoms with Gasteiger partial charge in [-0.1, -0.05) is 12.1 Å². The van der Waals surface area contributed by atoms with Crippen LogP contribution < -0.4 is 10.0 Å². The maximum Gasteiger partial charge on any atom is 0.264 e. The lowest BCUT2D eigenvalue weighted by Crippen LogP contribution is -2.15. The molecule has 0 aliphatic heterocycles. The summed E-state index contributed by atoms with van der Waals surface area (Å²) < 4.78 is 49.9. The van der Waals surface area contributed by atoms with Gasteiger partial charge < -0.3 is 5.32 Å². The monoisotopic (exact) mass is 446 g/mol. The van der Waals surface area contributed by atoms with E-state index in [0.29, 0.717) is 11.3 Å². The first-order valence-electron chi connectivity index (χ1n) is 8.60. The third-order valence-corrected chi connectivity index (χ3v) is 6.03. The Morgan fingerprint density at radius 1 is 0.933 bits per heavy atom. The highest BCUT2D eigenvalue weighted by atomic mass is 32.2. The van der Waals surface area contributed by atoms with Gasteiger partial charge in [0.1, 0.15) is 0 Å². The molecular weight excluding hydrogens is 428 g/mol. The zero-order chi connectivity index (χ0) is 21.8. The number of aromatic nitrogens is 2. The van der Waals surface area contributed by atoms with Crippen LogP contribution in [0, 0.1) is 0 Å². The van der Waals surface area contributed by atoms with E-state index in [1.807, 2.05) is 0 Å². The van der Waals surface area contributed by atoms with Crippen molar-refractivity contribution in [2.45, 2.75) is 10.6 Å². The summed E-state index contributed by atoms with van der Waals surface area (Å²) in [5.74, 6) is -0.667. The van der Waals surface area contributed by atoms with E-state index in [1.54, 1.807) is 24.3 Å². The Hall–Kier alpha value is -3.31. The van der Waals surface area contributed by atoms with Gasteiger partial charge in [-0.05, 0) is 48.0 Å². The summed E-state index contributed by atoms with van der Waals surface area (Å²) in [4.78, 5) is 20.0. The molecule has 0 fully saturated rings. The van der Waals surface area contributed by atoms with Gasteiger partial charge in [0, 0.05) is 29.9 Å². The molecule has 0 atom stereocenters. The van der Waals surface area contributed by atoms with Crippen LogP contribution in [0.1, 0.15) is 15.9 Å². The molecule has 9 nitrogen and oxygen atoms in total. The number of amides is 1. The molecule has 11 heteroatoms. The van der Waals surface area contributed by atoms with Crippen molar-refractivity contribution in [3.8, 4) is 0 Å². The van der Waals surface area contributed by atoms with Crippen molar-refractivity contribution in [1.29, 1.82) is 0 Å². The molecule has 0 saturated heterocycles. The SMILES string of the molecule is CS(=O)(=O)Cc1cccc(C(=O)Nc2ccc(S(=O)(=O)Nc3ncccn3)cc2)c1. The molecule has 0 aliphatic rings. The smallest absolute Gasteiger partial charge is 0.264 e. The summed E-state index contributed by atoms with van der Waals surface area (Å²) in [5, 5.41) is 2.65. The number of benzene rings is 2. The number of sulfone groups is 1. The van der Waals surface area contributed by atoms with Crippen molar-refractivity contribution < 1.29 is 21.6 Å². The van der Waals surface area contributed by atoms with E-state index in [2.05, 4.69) is 20.0 Å². The van der Waals surface area contributed by atoms with Crippen LogP contribution in [0.3, 0.4) is 0 Å². The lowest BCUT2D eigenvalue weighted by atomic mass is 10.1. The van der Waals surface area contributed by atoms with E-state index in [1.165, 1.54) is 42.7 Å². The fourth-order valence-corrected chi connectivity index (χ4v) is 4.30. The number of anilines is 2. The van der Waals surface area contributed by atoms with Crippen LogP contribution in [0.5, 0.6) is 0 Å². The van der Waals surface area contributed by atoms with Gasteiger partial charge in [-0.3, -0.25) is 4.79 Å². The highest BCUT2D eigenvalue weighted by Crippen LogP contribution is 2.17. The predicted molar refractivity (Wildman–Crippen MR) is 112 cm³/mol. The number of carbonyl (C=O) groups excluding carboxylic acids is 1. The Bertz CT molecular complexity index is 1260. The molecule has 0 bridgehead atoms. The maximum absolute atomic E-state index is 12.4. The first-order chi connectivity index (χ1) is 14.1. The summed E-state index contributed by atoms with van der Waals surface area (Å²) in [6, 6.07) is 13.4. The Balaban J connectivity index is 1.71. The summed E-state index contributed by atoms with van der Waals surface area (Å²) >= 11 is 0. The molecule has 0 radical (unpaired) electrons. The van der Waals surface area contributed by atoms with Gasteiger partial charge in [-0.15, -0.1) is 0 Å². The fourth-order valence-electron chi connectivity index (χ4n) is 2.56. The van der Waals surface area contributed by atoms with Gasteiger partial charge in [0.2, 0.25) is 5.95 Å². The van der Waals surface area contributed by atoms with Gasteiger partial charge in [-0.2, -0.15) is 0 Å². The van der Waals surface area contributed by atoms with Crippen LogP contribution in [0.25, 0.3) is 0 Å². The molecule has 30 heavy (non-hydrogen) atoms. The van der Waals surface area contributed by atoms with E-state index >= 15 is 0 Å². The minimum absolute atomic E-state index is 0.0249. The van der Waals surface area contributed by atoms with Gasteiger partial charge in [0.25, 0.3) is 15.9 Å².